The zero-order valence-corrected chi connectivity index (χ0v) is 4.72. The van der Waals surface area contributed by atoms with Gasteiger partial charge in [-0.3, -0.25) is 5.21 Å². The lowest BCUT2D eigenvalue weighted by molar-refractivity contribution is 0.154. The summed E-state index contributed by atoms with van der Waals surface area (Å²) in [6, 6.07) is 0. The van der Waals surface area contributed by atoms with Gasteiger partial charge in [0.25, 0.3) is 0 Å². The van der Waals surface area contributed by atoms with E-state index in [9.17, 15) is 0 Å². The molecule has 2 heteroatoms. The van der Waals surface area contributed by atoms with Gasteiger partial charge in [-0.2, -0.15) is 0 Å². The van der Waals surface area contributed by atoms with Gasteiger partial charge in [0.05, 0.1) is 0 Å². The Morgan fingerprint density at radius 2 is 2.14 bits per heavy atom. The average molecular weight is 102 g/mol. The minimum absolute atomic E-state index is 0.605. The first-order chi connectivity index (χ1) is 3.41. The highest BCUT2D eigenvalue weighted by Gasteiger charge is 1.81. The van der Waals surface area contributed by atoms with Crippen LogP contribution in [0.5, 0.6) is 0 Å². The van der Waals surface area contributed by atoms with Gasteiger partial charge in [0.15, 0.2) is 0 Å². The fourth-order valence-electron chi connectivity index (χ4n) is 0.433. The van der Waals surface area contributed by atoms with E-state index in [1.165, 1.54) is 12.8 Å². The molecule has 0 fully saturated rings. The normalized spacial score (nSPS) is 9.43. The van der Waals surface area contributed by atoms with Crippen LogP contribution in [0.3, 0.4) is 0 Å². The van der Waals surface area contributed by atoms with Gasteiger partial charge in [-0.25, -0.2) is 0 Å². The van der Waals surface area contributed by atoms with Crippen molar-refractivity contribution in [3.05, 3.63) is 0 Å². The van der Waals surface area contributed by atoms with Crippen LogP contribution in [-0.2, 0) is 0 Å². The molecule has 0 rings (SSSR count). The smallest absolute Gasteiger partial charge is 0.0424 e. The fraction of sp³-hybridized carbons (Fsp3) is 1.00. The van der Waals surface area contributed by atoms with Crippen molar-refractivity contribution in [2.24, 2.45) is 0 Å². The Kier molecular flexibility index (Phi) is 5.85. The van der Waals surface area contributed by atoms with E-state index < -0.39 is 0 Å². The number of hydrogen-bond acceptors (Lipinski definition) is 1. The zero-order valence-electron chi connectivity index (χ0n) is 4.72. The molecule has 0 heterocycles. The zero-order chi connectivity index (χ0) is 5.54. The Morgan fingerprint density at radius 3 is 2.57 bits per heavy atom. The first-order valence-electron chi connectivity index (χ1n) is 2.72. The lowest BCUT2D eigenvalue weighted by atomic mass is 10.3. The van der Waals surface area contributed by atoms with Gasteiger partial charge in [-0.15, -0.1) is 5.48 Å². The Bertz CT molecular complexity index is 27.3. The van der Waals surface area contributed by atoms with Crippen molar-refractivity contribution >= 4 is 0 Å². The third-order valence-electron chi connectivity index (χ3n) is 0.862. The van der Waals surface area contributed by atoms with Gasteiger partial charge in [-0.05, 0) is 6.42 Å². The summed E-state index contributed by atoms with van der Waals surface area (Å²) < 4.78 is 0. The molecule has 0 aliphatic rings. The molecule has 2 nitrogen and oxygen atoms in total. The summed E-state index contributed by atoms with van der Waals surface area (Å²) in [5, 5.41) is 7.92. The largest absolute Gasteiger partial charge is 0.297 e. The monoisotopic (exact) mass is 102 g/mol. The van der Waals surface area contributed by atoms with Crippen LogP contribution < -0.4 is 5.48 Å². The van der Waals surface area contributed by atoms with E-state index in [1.807, 2.05) is 0 Å². The lowest BCUT2D eigenvalue weighted by Crippen LogP contribution is -1.98. The van der Waals surface area contributed by atoms with Crippen LogP contribution >= 0.6 is 0 Å². The van der Waals surface area contributed by atoms with E-state index in [0.717, 1.165) is 6.42 Å². The molecule has 0 aliphatic carbocycles. The summed E-state index contributed by atoms with van der Waals surface area (Å²) in [6.45, 7) is 2.73. The van der Waals surface area contributed by atoms with Crippen molar-refractivity contribution in [2.75, 3.05) is 6.54 Å². The Hall–Kier alpha value is -0.0800. The molecule has 0 aliphatic heterocycles. The van der Waals surface area contributed by atoms with Crippen molar-refractivity contribution in [1.82, 2.24) is 5.48 Å². The average Bonchev–Trinajstić information content (AvgIpc) is 1.69. The molecule has 0 saturated carbocycles. The standard InChI is InChI=1S/C5H12NO/c1-2-3-4-5-6-7/h7H,2-5H2,1H3. The lowest BCUT2D eigenvalue weighted by Gasteiger charge is -1.89. The van der Waals surface area contributed by atoms with Crippen LogP contribution in [0, 0.1) is 0 Å². The molecule has 0 spiro atoms. The second kappa shape index (κ2) is 5.92. The molecular weight excluding hydrogens is 90.1 g/mol. The van der Waals surface area contributed by atoms with Crippen LogP contribution in [0.25, 0.3) is 0 Å². The van der Waals surface area contributed by atoms with Crippen molar-refractivity contribution in [1.29, 1.82) is 0 Å². The minimum atomic E-state index is 0.605. The van der Waals surface area contributed by atoms with Gasteiger partial charge in [-0.1, -0.05) is 19.8 Å². The van der Waals surface area contributed by atoms with E-state index in [4.69, 9.17) is 5.21 Å². The molecule has 0 bridgehead atoms. The van der Waals surface area contributed by atoms with Crippen LogP contribution in [0.4, 0.5) is 0 Å². The van der Waals surface area contributed by atoms with Crippen molar-refractivity contribution in [3.8, 4) is 0 Å². The number of unbranched alkanes of at least 4 members (excludes halogenated alkanes) is 2. The predicted molar refractivity (Wildman–Crippen MR) is 28.3 cm³/mol. The van der Waals surface area contributed by atoms with E-state index in [0.29, 0.717) is 6.54 Å². The number of hydrogen-bond donors (Lipinski definition) is 1. The third-order valence-corrected chi connectivity index (χ3v) is 0.862. The van der Waals surface area contributed by atoms with E-state index in [-0.39, 0.29) is 0 Å². The van der Waals surface area contributed by atoms with E-state index >= 15 is 0 Å². The molecule has 0 aromatic heterocycles. The van der Waals surface area contributed by atoms with Gasteiger partial charge in [0.1, 0.15) is 0 Å². The molecule has 7 heavy (non-hydrogen) atoms. The molecule has 0 saturated heterocycles. The predicted octanol–water partition coefficient (Wildman–Crippen LogP) is 1.17. The molecule has 1 radical (unpaired) electrons. The summed E-state index contributed by atoms with van der Waals surface area (Å²) in [6.07, 6.45) is 3.38. The van der Waals surface area contributed by atoms with Crippen molar-refractivity contribution < 1.29 is 5.21 Å². The second-order valence-electron chi connectivity index (χ2n) is 1.57. The number of nitrogens with zero attached hydrogens (tertiary/aromatic N) is 1. The van der Waals surface area contributed by atoms with E-state index in [1.54, 1.807) is 0 Å². The summed E-state index contributed by atoms with van der Waals surface area (Å²) in [4.78, 5) is 0. The Balaban J connectivity index is 2.45. The molecular formula is C5H12NO. The third kappa shape index (κ3) is 5.92. The topological polar surface area (TPSA) is 34.3 Å². The minimum Gasteiger partial charge on any atom is -0.297 e. The highest BCUT2D eigenvalue weighted by molar-refractivity contribution is 4.35. The maximum Gasteiger partial charge on any atom is 0.0424 e. The molecule has 0 unspecified atom stereocenters. The van der Waals surface area contributed by atoms with Crippen LogP contribution in [0.15, 0.2) is 0 Å². The quantitative estimate of drug-likeness (QED) is 0.419. The van der Waals surface area contributed by atoms with Gasteiger partial charge >= 0.3 is 0 Å². The highest BCUT2D eigenvalue weighted by Crippen LogP contribution is 1.90. The van der Waals surface area contributed by atoms with Gasteiger partial charge in [0, 0.05) is 6.54 Å². The maximum atomic E-state index is 7.92. The van der Waals surface area contributed by atoms with Gasteiger partial charge < -0.3 is 0 Å². The molecule has 0 aromatic rings. The summed E-state index contributed by atoms with van der Waals surface area (Å²) >= 11 is 0. The molecule has 0 atom stereocenters. The van der Waals surface area contributed by atoms with Crippen LogP contribution in [0.1, 0.15) is 26.2 Å². The molecule has 43 valence electrons. The second-order valence-corrected chi connectivity index (χ2v) is 1.57. The highest BCUT2D eigenvalue weighted by atomic mass is 16.5. The first kappa shape index (κ1) is 6.92. The van der Waals surface area contributed by atoms with Crippen LogP contribution in [-0.4, -0.2) is 11.8 Å². The molecule has 0 amide bonds. The Morgan fingerprint density at radius 1 is 1.43 bits per heavy atom. The van der Waals surface area contributed by atoms with Crippen molar-refractivity contribution in [2.45, 2.75) is 26.2 Å². The summed E-state index contributed by atoms with van der Waals surface area (Å²) in [5.41, 5.74) is 2.97. The summed E-state index contributed by atoms with van der Waals surface area (Å²) in [7, 11) is 0. The summed E-state index contributed by atoms with van der Waals surface area (Å²) in [5.74, 6) is 0. The van der Waals surface area contributed by atoms with Crippen LogP contribution in [0.2, 0.25) is 0 Å². The number of rotatable bonds is 4. The SMILES string of the molecule is CCCCC[N]O. The fourth-order valence-corrected chi connectivity index (χ4v) is 0.433. The maximum absolute atomic E-state index is 7.92. The molecule has 1 N–H and O–H groups in total. The number of hydroxylamine groups is 1. The van der Waals surface area contributed by atoms with E-state index in [2.05, 4.69) is 12.4 Å². The molecule has 0 aromatic carbocycles. The van der Waals surface area contributed by atoms with Gasteiger partial charge in [0.2, 0.25) is 0 Å². The first-order valence-corrected chi connectivity index (χ1v) is 2.72. The Labute approximate surface area is 44.5 Å². The van der Waals surface area contributed by atoms with Crippen molar-refractivity contribution in [3.63, 3.8) is 0 Å².